The topological polar surface area (TPSA) is 81.8 Å². The highest BCUT2D eigenvalue weighted by molar-refractivity contribution is 6.09. The van der Waals surface area contributed by atoms with Crippen molar-refractivity contribution >= 4 is 29.1 Å². The molecule has 0 bridgehead atoms. The zero-order valence-electron chi connectivity index (χ0n) is 20.1. The summed E-state index contributed by atoms with van der Waals surface area (Å²) in [5, 5.41) is 6.09. The van der Waals surface area contributed by atoms with E-state index in [4.69, 9.17) is 0 Å². The Hall–Kier alpha value is -3.19. The van der Waals surface area contributed by atoms with Crippen molar-refractivity contribution in [2.45, 2.75) is 52.0 Å². The van der Waals surface area contributed by atoms with E-state index in [1.165, 1.54) is 0 Å². The first-order valence-electron chi connectivity index (χ1n) is 12.3. The summed E-state index contributed by atoms with van der Waals surface area (Å²) in [5.74, 6) is -0.391. The number of piperidine rings is 1. The van der Waals surface area contributed by atoms with Crippen molar-refractivity contribution in [2.24, 2.45) is 0 Å². The summed E-state index contributed by atoms with van der Waals surface area (Å²) in [4.78, 5) is 42.4. The van der Waals surface area contributed by atoms with Crippen LogP contribution in [0.2, 0.25) is 0 Å². The molecule has 0 aliphatic carbocycles. The van der Waals surface area contributed by atoms with Crippen LogP contribution >= 0.6 is 0 Å². The van der Waals surface area contributed by atoms with Gasteiger partial charge in [0.15, 0.2) is 0 Å². The Balaban J connectivity index is 1.45. The third-order valence-corrected chi connectivity index (χ3v) is 6.62. The van der Waals surface area contributed by atoms with Crippen molar-refractivity contribution in [2.75, 3.05) is 36.4 Å². The van der Waals surface area contributed by atoms with Crippen LogP contribution < -0.4 is 15.5 Å². The summed E-state index contributed by atoms with van der Waals surface area (Å²) in [6.07, 6.45) is 4.37. The normalized spacial score (nSPS) is 17.1. The van der Waals surface area contributed by atoms with Gasteiger partial charge in [0, 0.05) is 43.3 Å². The van der Waals surface area contributed by atoms with Crippen molar-refractivity contribution in [1.82, 2.24) is 10.2 Å². The second-order valence-corrected chi connectivity index (χ2v) is 9.29. The Bertz CT molecular complexity index is 1060. The highest BCUT2D eigenvalue weighted by Crippen LogP contribution is 2.24. The zero-order chi connectivity index (χ0) is 24.1. The molecule has 3 amide bonds. The summed E-state index contributed by atoms with van der Waals surface area (Å²) < 4.78 is 0. The van der Waals surface area contributed by atoms with Gasteiger partial charge in [0.05, 0.1) is 11.3 Å². The number of rotatable bonds is 7. The minimum atomic E-state index is -0.305. The highest BCUT2D eigenvalue weighted by atomic mass is 16.2. The third-order valence-electron chi connectivity index (χ3n) is 6.62. The van der Waals surface area contributed by atoms with Crippen molar-refractivity contribution in [3.05, 3.63) is 59.2 Å². The van der Waals surface area contributed by atoms with E-state index in [0.29, 0.717) is 29.8 Å². The lowest BCUT2D eigenvalue weighted by molar-refractivity contribution is -0.117. The fourth-order valence-electron chi connectivity index (χ4n) is 4.77. The van der Waals surface area contributed by atoms with Crippen LogP contribution in [0, 0.1) is 6.92 Å². The molecule has 34 heavy (non-hydrogen) atoms. The standard InChI is InChI=1S/C27H34N4O3/c1-3-13-30-15-11-21(12-16-30)28-27(34)23-10-9-19(2)17-24(23)29-26(33)20-6-4-7-22(18-20)31-14-5-8-25(31)32/h4,6-7,9-10,17-18,21H,3,5,8,11-16H2,1-2H3,(H,28,34)(H,29,33). The fourth-order valence-corrected chi connectivity index (χ4v) is 4.77. The van der Waals surface area contributed by atoms with Gasteiger partial charge in [-0.1, -0.05) is 19.1 Å². The van der Waals surface area contributed by atoms with Crippen molar-refractivity contribution < 1.29 is 14.4 Å². The van der Waals surface area contributed by atoms with E-state index in [-0.39, 0.29) is 23.8 Å². The Morgan fingerprint density at radius 3 is 2.53 bits per heavy atom. The van der Waals surface area contributed by atoms with Crippen LogP contribution in [0.25, 0.3) is 0 Å². The number of nitrogens with zero attached hydrogens (tertiary/aromatic N) is 2. The van der Waals surface area contributed by atoms with Gasteiger partial charge in [0.2, 0.25) is 5.91 Å². The molecule has 2 aromatic carbocycles. The summed E-state index contributed by atoms with van der Waals surface area (Å²) in [6.45, 7) is 7.87. The molecule has 2 fully saturated rings. The molecule has 0 saturated carbocycles. The van der Waals surface area contributed by atoms with Crippen LogP contribution in [-0.2, 0) is 4.79 Å². The van der Waals surface area contributed by atoms with E-state index in [0.717, 1.165) is 56.6 Å². The van der Waals surface area contributed by atoms with Crippen LogP contribution in [0.4, 0.5) is 11.4 Å². The van der Waals surface area contributed by atoms with Crippen LogP contribution in [0.5, 0.6) is 0 Å². The van der Waals surface area contributed by atoms with Crippen LogP contribution in [0.1, 0.15) is 65.3 Å². The molecular weight excluding hydrogens is 428 g/mol. The van der Waals surface area contributed by atoms with Gasteiger partial charge in [0.1, 0.15) is 0 Å². The average molecular weight is 463 g/mol. The van der Waals surface area contributed by atoms with E-state index in [9.17, 15) is 14.4 Å². The van der Waals surface area contributed by atoms with Crippen LogP contribution in [0.15, 0.2) is 42.5 Å². The largest absolute Gasteiger partial charge is 0.349 e. The quantitative estimate of drug-likeness (QED) is 0.652. The van der Waals surface area contributed by atoms with Gasteiger partial charge in [-0.15, -0.1) is 0 Å². The molecule has 0 unspecified atom stereocenters. The Morgan fingerprint density at radius 2 is 1.82 bits per heavy atom. The van der Waals surface area contributed by atoms with Crippen molar-refractivity contribution in [3.63, 3.8) is 0 Å². The molecule has 2 aromatic rings. The molecule has 2 heterocycles. The van der Waals surface area contributed by atoms with E-state index in [2.05, 4.69) is 22.5 Å². The van der Waals surface area contributed by atoms with E-state index >= 15 is 0 Å². The molecule has 0 spiro atoms. The molecule has 7 nitrogen and oxygen atoms in total. The van der Waals surface area contributed by atoms with Gasteiger partial charge in [-0.3, -0.25) is 14.4 Å². The molecule has 0 radical (unpaired) electrons. The minimum Gasteiger partial charge on any atom is -0.349 e. The SMILES string of the molecule is CCCN1CCC(NC(=O)c2ccc(C)cc2NC(=O)c2cccc(N3CCCC3=O)c2)CC1. The molecule has 180 valence electrons. The maximum absolute atomic E-state index is 13.1. The number of hydrogen-bond donors (Lipinski definition) is 2. The monoisotopic (exact) mass is 462 g/mol. The Kier molecular flexibility index (Phi) is 7.63. The molecule has 2 aliphatic heterocycles. The van der Waals surface area contributed by atoms with Crippen molar-refractivity contribution in [1.29, 1.82) is 0 Å². The minimum absolute atomic E-state index is 0.0794. The zero-order valence-corrected chi connectivity index (χ0v) is 20.1. The number of carbonyl (C=O) groups excluding carboxylic acids is 3. The lowest BCUT2D eigenvalue weighted by atomic mass is 10.0. The first-order valence-corrected chi connectivity index (χ1v) is 12.3. The summed E-state index contributed by atoms with van der Waals surface area (Å²) in [5.41, 5.74) is 3.09. The predicted molar refractivity (Wildman–Crippen MR) is 134 cm³/mol. The molecule has 2 saturated heterocycles. The van der Waals surface area contributed by atoms with E-state index < -0.39 is 0 Å². The molecule has 4 rings (SSSR count). The number of benzene rings is 2. The number of hydrogen-bond acceptors (Lipinski definition) is 4. The number of anilines is 2. The van der Waals surface area contributed by atoms with E-state index in [1.54, 1.807) is 29.2 Å². The second-order valence-electron chi connectivity index (χ2n) is 9.29. The molecule has 0 atom stereocenters. The number of carbonyl (C=O) groups is 3. The van der Waals surface area contributed by atoms with E-state index in [1.807, 2.05) is 25.1 Å². The van der Waals surface area contributed by atoms with Gasteiger partial charge in [0.25, 0.3) is 11.8 Å². The second kappa shape index (κ2) is 10.8. The number of amides is 3. The van der Waals surface area contributed by atoms with Gasteiger partial charge >= 0.3 is 0 Å². The first-order chi connectivity index (χ1) is 16.4. The first kappa shape index (κ1) is 24.0. The van der Waals surface area contributed by atoms with Gasteiger partial charge in [-0.25, -0.2) is 0 Å². The molecule has 2 N–H and O–H groups in total. The smallest absolute Gasteiger partial charge is 0.255 e. The lowest BCUT2D eigenvalue weighted by Crippen LogP contribution is -2.44. The number of aryl methyl sites for hydroxylation is 1. The van der Waals surface area contributed by atoms with Gasteiger partial charge < -0.3 is 20.4 Å². The molecule has 2 aliphatic rings. The summed E-state index contributed by atoms with van der Waals surface area (Å²) in [7, 11) is 0. The summed E-state index contributed by atoms with van der Waals surface area (Å²) >= 11 is 0. The predicted octanol–water partition coefficient (Wildman–Crippen LogP) is 3.98. The summed E-state index contributed by atoms with van der Waals surface area (Å²) in [6, 6.07) is 12.7. The molecule has 7 heteroatoms. The van der Waals surface area contributed by atoms with Gasteiger partial charge in [-0.2, -0.15) is 0 Å². The van der Waals surface area contributed by atoms with Crippen molar-refractivity contribution in [3.8, 4) is 0 Å². The molecule has 0 aromatic heterocycles. The fraction of sp³-hybridized carbons (Fsp3) is 0.444. The average Bonchev–Trinajstić information content (AvgIpc) is 3.26. The number of likely N-dealkylation sites (tertiary alicyclic amines) is 1. The van der Waals surface area contributed by atoms with Gasteiger partial charge in [-0.05, 0) is 75.0 Å². The maximum atomic E-state index is 13.1. The highest BCUT2D eigenvalue weighted by Gasteiger charge is 2.24. The van der Waals surface area contributed by atoms with Crippen LogP contribution in [0.3, 0.4) is 0 Å². The third kappa shape index (κ3) is 5.65. The Labute approximate surface area is 201 Å². The lowest BCUT2D eigenvalue weighted by Gasteiger charge is -2.32. The molecular formula is C27H34N4O3. The van der Waals surface area contributed by atoms with Crippen LogP contribution in [-0.4, -0.2) is 54.8 Å². The maximum Gasteiger partial charge on any atom is 0.255 e. The number of nitrogens with one attached hydrogen (secondary N) is 2. The Morgan fingerprint density at radius 1 is 1.03 bits per heavy atom.